The van der Waals surface area contributed by atoms with Gasteiger partial charge in [-0.25, -0.2) is 4.79 Å². The van der Waals surface area contributed by atoms with Crippen LogP contribution in [0.25, 0.3) is 10.9 Å². The first-order valence-electron chi connectivity index (χ1n) is 5.29. The van der Waals surface area contributed by atoms with Crippen LogP contribution in [-0.4, -0.2) is 28.9 Å². The van der Waals surface area contributed by atoms with Crippen LogP contribution in [0.3, 0.4) is 0 Å². The predicted octanol–water partition coefficient (Wildman–Crippen LogP) is 2.91. The number of aromatic nitrogens is 1. The number of nitrogens with zero attached hydrogens (tertiary/aromatic N) is 1. The molecule has 0 aliphatic rings. The maximum Gasteiger partial charge on any atom is 0.406 e. The minimum absolute atomic E-state index is 0.0701. The minimum atomic E-state index is -4.39. The van der Waals surface area contributed by atoms with Gasteiger partial charge in [0.05, 0.1) is 12.6 Å². The summed E-state index contributed by atoms with van der Waals surface area (Å²) in [4.78, 5) is 11.0. The van der Waals surface area contributed by atoms with Gasteiger partial charge in [-0.3, -0.25) is 0 Å². The molecular weight excluding hydrogens is 263 g/mol. The number of carboxylic acid groups (broad SMARTS) is 1. The molecule has 102 valence electrons. The molecule has 19 heavy (non-hydrogen) atoms. The smallest absolute Gasteiger partial charge is 0.406 e. The standard InChI is InChI=1S/C12H10F3NO3/c1-19-10-8(11(17)18)3-2-7-4-5-16(9(7)10)6-12(13,14)15/h2-5H,6H2,1H3,(H,17,18). The summed E-state index contributed by atoms with van der Waals surface area (Å²) >= 11 is 0. The summed E-state index contributed by atoms with van der Waals surface area (Å²) in [6.07, 6.45) is -3.14. The van der Waals surface area contributed by atoms with Crippen molar-refractivity contribution in [2.45, 2.75) is 12.7 Å². The lowest BCUT2D eigenvalue weighted by Gasteiger charge is -2.12. The van der Waals surface area contributed by atoms with Crippen molar-refractivity contribution in [2.24, 2.45) is 0 Å². The molecule has 1 aromatic carbocycles. The van der Waals surface area contributed by atoms with Gasteiger partial charge in [-0.1, -0.05) is 6.07 Å². The quantitative estimate of drug-likeness (QED) is 0.935. The van der Waals surface area contributed by atoms with Crippen molar-refractivity contribution in [3.8, 4) is 5.75 Å². The summed E-state index contributed by atoms with van der Waals surface area (Å²) in [7, 11) is 1.23. The Kier molecular flexibility index (Phi) is 3.13. The molecule has 0 radical (unpaired) electrons. The third kappa shape index (κ3) is 2.49. The van der Waals surface area contributed by atoms with E-state index in [4.69, 9.17) is 9.84 Å². The van der Waals surface area contributed by atoms with E-state index in [9.17, 15) is 18.0 Å². The molecule has 0 saturated carbocycles. The van der Waals surface area contributed by atoms with E-state index in [2.05, 4.69) is 0 Å². The summed E-state index contributed by atoms with van der Waals surface area (Å²) in [6.45, 7) is -1.20. The monoisotopic (exact) mass is 273 g/mol. The van der Waals surface area contributed by atoms with Gasteiger partial charge in [0.1, 0.15) is 12.1 Å². The number of hydrogen-bond acceptors (Lipinski definition) is 2. The molecule has 0 spiro atoms. The van der Waals surface area contributed by atoms with Crippen LogP contribution in [-0.2, 0) is 6.54 Å². The fraction of sp³-hybridized carbons (Fsp3) is 0.250. The van der Waals surface area contributed by atoms with Crippen LogP contribution in [0, 0.1) is 0 Å². The van der Waals surface area contributed by atoms with Gasteiger partial charge in [0, 0.05) is 11.6 Å². The highest BCUT2D eigenvalue weighted by atomic mass is 19.4. The van der Waals surface area contributed by atoms with Crippen molar-refractivity contribution in [1.29, 1.82) is 0 Å². The molecule has 0 aliphatic carbocycles. The zero-order chi connectivity index (χ0) is 14.2. The molecule has 0 atom stereocenters. The molecule has 2 aromatic rings. The van der Waals surface area contributed by atoms with Crippen LogP contribution in [0.1, 0.15) is 10.4 Å². The SMILES string of the molecule is COc1c(C(=O)O)ccc2ccn(CC(F)(F)F)c12. The molecule has 1 aromatic heterocycles. The number of hydrogen-bond donors (Lipinski definition) is 1. The molecule has 2 rings (SSSR count). The molecule has 4 nitrogen and oxygen atoms in total. The second-order valence-corrected chi connectivity index (χ2v) is 3.95. The number of benzene rings is 1. The van der Waals surface area contributed by atoms with Crippen LogP contribution in [0.4, 0.5) is 13.2 Å². The molecule has 1 heterocycles. The number of methoxy groups -OCH3 is 1. The Bertz CT molecular complexity index is 631. The number of ether oxygens (including phenoxy) is 1. The average Bonchev–Trinajstić information content (AvgIpc) is 2.69. The second-order valence-electron chi connectivity index (χ2n) is 3.95. The first-order valence-corrected chi connectivity index (χ1v) is 5.29. The van der Waals surface area contributed by atoms with E-state index in [-0.39, 0.29) is 16.8 Å². The zero-order valence-electron chi connectivity index (χ0n) is 9.86. The Labute approximate surface area is 106 Å². The second kappa shape index (κ2) is 4.49. The van der Waals surface area contributed by atoms with Gasteiger partial charge in [0.25, 0.3) is 0 Å². The van der Waals surface area contributed by atoms with Crippen molar-refractivity contribution in [2.75, 3.05) is 7.11 Å². The van der Waals surface area contributed by atoms with E-state index < -0.39 is 18.7 Å². The van der Waals surface area contributed by atoms with Crippen LogP contribution >= 0.6 is 0 Å². The number of halogens is 3. The number of fused-ring (bicyclic) bond motifs is 1. The Morgan fingerprint density at radius 2 is 2.05 bits per heavy atom. The number of carboxylic acids is 1. The first-order chi connectivity index (χ1) is 8.83. The predicted molar refractivity (Wildman–Crippen MR) is 61.5 cm³/mol. The van der Waals surface area contributed by atoms with E-state index >= 15 is 0 Å². The molecule has 0 bridgehead atoms. The maximum absolute atomic E-state index is 12.5. The van der Waals surface area contributed by atoms with E-state index in [0.29, 0.717) is 5.39 Å². The number of carbonyl (C=O) groups is 1. The topological polar surface area (TPSA) is 51.5 Å². The molecule has 0 unspecified atom stereocenters. The van der Waals surface area contributed by atoms with Crippen molar-refractivity contribution in [1.82, 2.24) is 4.57 Å². The van der Waals surface area contributed by atoms with Gasteiger partial charge in [-0.2, -0.15) is 13.2 Å². The fourth-order valence-corrected chi connectivity index (χ4v) is 1.96. The van der Waals surface area contributed by atoms with Crippen LogP contribution in [0.5, 0.6) is 5.75 Å². The summed E-state index contributed by atoms with van der Waals surface area (Å²) in [5.41, 5.74) is -0.0446. The molecule has 0 amide bonds. The third-order valence-electron chi connectivity index (χ3n) is 2.67. The van der Waals surface area contributed by atoms with Gasteiger partial charge in [-0.15, -0.1) is 0 Å². The number of alkyl halides is 3. The van der Waals surface area contributed by atoms with Crippen molar-refractivity contribution in [3.63, 3.8) is 0 Å². The van der Waals surface area contributed by atoms with Gasteiger partial charge in [-0.05, 0) is 12.1 Å². The summed E-state index contributed by atoms with van der Waals surface area (Å²) in [5.74, 6) is -1.32. The number of rotatable bonds is 3. The molecule has 0 fully saturated rings. The molecule has 0 saturated heterocycles. The lowest BCUT2D eigenvalue weighted by atomic mass is 10.1. The van der Waals surface area contributed by atoms with E-state index in [1.165, 1.54) is 31.5 Å². The maximum atomic E-state index is 12.5. The number of aromatic carboxylic acids is 1. The van der Waals surface area contributed by atoms with E-state index in [1.807, 2.05) is 0 Å². The molecule has 0 aliphatic heterocycles. The minimum Gasteiger partial charge on any atom is -0.494 e. The highest BCUT2D eigenvalue weighted by Gasteiger charge is 2.29. The zero-order valence-corrected chi connectivity index (χ0v) is 9.86. The summed E-state index contributed by atoms with van der Waals surface area (Å²) in [5, 5.41) is 9.50. The lowest BCUT2D eigenvalue weighted by Crippen LogP contribution is -2.17. The molecule has 1 N–H and O–H groups in total. The Morgan fingerprint density at radius 1 is 1.37 bits per heavy atom. The average molecular weight is 273 g/mol. The summed E-state index contributed by atoms with van der Waals surface area (Å²) in [6, 6.07) is 4.24. The van der Waals surface area contributed by atoms with Crippen molar-refractivity contribution in [3.05, 3.63) is 30.0 Å². The van der Waals surface area contributed by atoms with Crippen LogP contribution < -0.4 is 4.74 Å². The van der Waals surface area contributed by atoms with Gasteiger partial charge in [0.15, 0.2) is 5.75 Å². The Morgan fingerprint density at radius 3 is 2.58 bits per heavy atom. The summed E-state index contributed by atoms with van der Waals surface area (Å²) < 4.78 is 43.3. The van der Waals surface area contributed by atoms with Crippen molar-refractivity contribution >= 4 is 16.9 Å². The Balaban J connectivity index is 2.68. The first kappa shape index (κ1) is 13.3. The molecule has 7 heteroatoms. The van der Waals surface area contributed by atoms with Crippen LogP contribution in [0.15, 0.2) is 24.4 Å². The van der Waals surface area contributed by atoms with E-state index in [1.54, 1.807) is 0 Å². The highest BCUT2D eigenvalue weighted by Crippen LogP contribution is 2.32. The van der Waals surface area contributed by atoms with E-state index in [0.717, 1.165) is 4.57 Å². The van der Waals surface area contributed by atoms with Gasteiger partial charge >= 0.3 is 12.1 Å². The van der Waals surface area contributed by atoms with Crippen LogP contribution in [0.2, 0.25) is 0 Å². The van der Waals surface area contributed by atoms with Gasteiger partial charge in [0.2, 0.25) is 0 Å². The lowest BCUT2D eigenvalue weighted by molar-refractivity contribution is -0.139. The van der Waals surface area contributed by atoms with Crippen molar-refractivity contribution < 1.29 is 27.8 Å². The van der Waals surface area contributed by atoms with Gasteiger partial charge < -0.3 is 14.4 Å². The highest BCUT2D eigenvalue weighted by molar-refractivity contribution is 5.99. The molecular formula is C12H10F3NO3. The largest absolute Gasteiger partial charge is 0.494 e. The third-order valence-corrected chi connectivity index (χ3v) is 2.67. The fourth-order valence-electron chi connectivity index (χ4n) is 1.96. The normalized spacial score (nSPS) is 11.8. The Hall–Kier alpha value is -2.18.